The van der Waals surface area contributed by atoms with Crippen LogP contribution < -0.4 is 10.1 Å². The summed E-state index contributed by atoms with van der Waals surface area (Å²) in [7, 11) is 0. The summed E-state index contributed by atoms with van der Waals surface area (Å²) in [6.45, 7) is 10.1. The van der Waals surface area contributed by atoms with Gasteiger partial charge in [0.1, 0.15) is 11.6 Å². The molecular weight excluding hydrogens is 457 g/mol. The summed E-state index contributed by atoms with van der Waals surface area (Å²) in [5.41, 5.74) is 2.96. The van der Waals surface area contributed by atoms with Crippen molar-refractivity contribution in [3.05, 3.63) is 65.0 Å². The van der Waals surface area contributed by atoms with Gasteiger partial charge in [0.05, 0.1) is 6.04 Å². The number of carbonyl (C=O) groups excluding carboxylic acids is 2. The molecule has 1 saturated heterocycles. The molecule has 1 N–H and O–H groups in total. The number of likely N-dealkylation sites (tertiary alicyclic amines) is 1. The number of hydrogen-bond acceptors (Lipinski definition) is 4. The van der Waals surface area contributed by atoms with Gasteiger partial charge in [0.2, 0.25) is 5.91 Å². The van der Waals surface area contributed by atoms with Gasteiger partial charge in [0, 0.05) is 26.1 Å². The molecule has 0 spiro atoms. The fourth-order valence-corrected chi connectivity index (χ4v) is 5.15. The van der Waals surface area contributed by atoms with Crippen LogP contribution in [0.1, 0.15) is 62.8 Å². The van der Waals surface area contributed by atoms with Crippen molar-refractivity contribution >= 4 is 11.8 Å². The number of nitrogens with zero attached hydrogens (tertiary/aromatic N) is 2. The van der Waals surface area contributed by atoms with Gasteiger partial charge in [-0.2, -0.15) is 0 Å². The number of benzene rings is 2. The molecule has 194 valence electrons. The third-order valence-electron chi connectivity index (χ3n) is 7.04. The summed E-state index contributed by atoms with van der Waals surface area (Å²) >= 11 is 0. The van der Waals surface area contributed by atoms with Crippen molar-refractivity contribution in [2.45, 2.75) is 58.6 Å². The largest absolute Gasteiger partial charge is 0.481 e. The molecule has 0 bridgehead atoms. The summed E-state index contributed by atoms with van der Waals surface area (Å²) in [6.07, 6.45) is 3.01. The van der Waals surface area contributed by atoms with E-state index in [1.165, 1.54) is 25.0 Å². The zero-order valence-electron chi connectivity index (χ0n) is 21.6. The van der Waals surface area contributed by atoms with E-state index in [1.54, 1.807) is 19.1 Å². The molecule has 4 rings (SSSR count). The average Bonchev–Trinajstić information content (AvgIpc) is 3.37. The second kappa shape index (κ2) is 11.9. The van der Waals surface area contributed by atoms with Crippen molar-refractivity contribution < 1.29 is 18.7 Å². The second-order valence-corrected chi connectivity index (χ2v) is 10.3. The molecule has 2 heterocycles. The Kier molecular flexibility index (Phi) is 8.62. The van der Waals surface area contributed by atoms with E-state index in [0.29, 0.717) is 25.3 Å². The maximum Gasteiger partial charge on any atom is 0.260 e. The summed E-state index contributed by atoms with van der Waals surface area (Å²) in [5, 5.41) is 2.98. The number of rotatable bonds is 9. The highest BCUT2D eigenvalue weighted by Crippen LogP contribution is 2.38. The third kappa shape index (κ3) is 6.44. The lowest BCUT2D eigenvalue weighted by atomic mass is 9.87. The molecule has 2 unspecified atom stereocenters. The van der Waals surface area contributed by atoms with Crippen LogP contribution in [0.5, 0.6) is 5.75 Å². The highest BCUT2D eigenvalue weighted by atomic mass is 19.1. The fraction of sp³-hybridized carbons (Fsp3) is 0.517. The van der Waals surface area contributed by atoms with Gasteiger partial charge < -0.3 is 19.9 Å². The van der Waals surface area contributed by atoms with E-state index in [-0.39, 0.29) is 29.6 Å². The van der Waals surface area contributed by atoms with Crippen molar-refractivity contribution in [1.29, 1.82) is 0 Å². The topological polar surface area (TPSA) is 61.9 Å². The number of halogens is 1. The molecule has 6 nitrogen and oxygen atoms in total. The Morgan fingerprint density at radius 1 is 1.06 bits per heavy atom. The van der Waals surface area contributed by atoms with E-state index >= 15 is 0 Å². The first-order chi connectivity index (χ1) is 17.3. The van der Waals surface area contributed by atoms with Crippen molar-refractivity contribution in [2.75, 3.05) is 32.7 Å². The van der Waals surface area contributed by atoms with E-state index < -0.39 is 6.10 Å². The van der Waals surface area contributed by atoms with E-state index in [4.69, 9.17) is 4.74 Å². The number of fused-ring (bicyclic) bond motifs is 1. The van der Waals surface area contributed by atoms with Crippen molar-refractivity contribution in [2.24, 2.45) is 5.92 Å². The molecule has 2 aliphatic rings. The second-order valence-electron chi connectivity index (χ2n) is 10.3. The maximum absolute atomic E-state index is 13.7. The maximum atomic E-state index is 13.7. The Morgan fingerprint density at radius 2 is 1.78 bits per heavy atom. The Morgan fingerprint density at radius 3 is 2.47 bits per heavy atom. The lowest BCUT2D eigenvalue weighted by Gasteiger charge is -2.38. The van der Waals surface area contributed by atoms with Crippen LogP contribution in [0.15, 0.2) is 42.5 Å². The first kappa shape index (κ1) is 26.1. The third-order valence-corrected chi connectivity index (χ3v) is 7.04. The van der Waals surface area contributed by atoms with Gasteiger partial charge in [-0.05, 0) is 86.1 Å². The summed E-state index contributed by atoms with van der Waals surface area (Å²) in [5.74, 6) is 0.461. The molecule has 2 atom stereocenters. The van der Waals surface area contributed by atoms with Crippen LogP contribution in [0.4, 0.5) is 4.39 Å². The minimum Gasteiger partial charge on any atom is -0.481 e. The zero-order valence-corrected chi connectivity index (χ0v) is 21.6. The van der Waals surface area contributed by atoms with Crippen LogP contribution in [0.25, 0.3) is 0 Å². The van der Waals surface area contributed by atoms with E-state index in [1.807, 2.05) is 36.9 Å². The Hall–Kier alpha value is -2.93. The first-order valence-corrected chi connectivity index (χ1v) is 13.2. The number of amides is 2. The normalized spacial score (nSPS) is 18.7. The molecule has 2 aliphatic heterocycles. The molecule has 1 fully saturated rings. The monoisotopic (exact) mass is 495 g/mol. The smallest absolute Gasteiger partial charge is 0.260 e. The van der Waals surface area contributed by atoms with Gasteiger partial charge in [0.15, 0.2) is 6.10 Å². The molecular formula is C29H38FN3O3. The summed E-state index contributed by atoms with van der Waals surface area (Å²) in [4.78, 5) is 30.1. The molecule has 0 aromatic heterocycles. The molecule has 0 aliphatic carbocycles. The first-order valence-electron chi connectivity index (χ1n) is 13.2. The predicted octanol–water partition coefficient (Wildman–Crippen LogP) is 4.33. The summed E-state index contributed by atoms with van der Waals surface area (Å²) in [6, 6.07) is 11.9. The Balaban J connectivity index is 1.51. The number of nitrogens with one attached hydrogen (secondary N) is 1. The van der Waals surface area contributed by atoms with Crippen molar-refractivity contribution in [1.82, 2.24) is 15.1 Å². The lowest BCUT2D eigenvalue weighted by molar-refractivity contribution is -0.134. The van der Waals surface area contributed by atoms with E-state index in [9.17, 15) is 14.0 Å². The molecule has 7 heteroatoms. The van der Waals surface area contributed by atoms with Crippen LogP contribution in [0, 0.1) is 11.7 Å². The molecule has 2 aromatic carbocycles. The fourth-order valence-electron chi connectivity index (χ4n) is 5.15. The van der Waals surface area contributed by atoms with Crippen LogP contribution in [-0.4, -0.2) is 60.4 Å². The number of hydrogen-bond donors (Lipinski definition) is 1. The van der Waals surface area contributed by atoms with Crippen LogP contribution in [0.3, 0.4) is 0 Å². The van der Waals surface area contributed by atoms with Gasteiger partial charge in [-0.15, -0.1) is 0 Å². The number of ether oxygens (including phenoxy) is 1. The highest BCUT2D eigenvalue weighted by molar-refractivity contribution is 5.80. The van der Waals surface area contributed by atoms with Crippen LogP contribution >= 0.6 is 0 Å². The molecule has 2 aromatic rings. The predicted molar refractivity (Wildman–Crippen MR) is 138 cm³/mol. The minimum atomic E-state index is -0.645. The van der Waals surface area contributed by atoms with Crippen LogP contribution in [0.2, 0.25) is 0 Å². The Bertz CT molecular complexity index is 1050. The quantitative estimate of drug-likeness (QED) is 0.563. The Labute approximate surface area is 213 Å². The molecule has 2 amide bonds. The minimum absolute atomic E-state index is 0.0852. The van der Waals surface area contributed by atoms with Gasteiger partial charge in [-0.3, -0.25) is 9.59 Å². The van der Waals surface area contributed by atoms with Crippen molar-refractivity contribution in [3.8, 4) is 5.75 Å². The van der Waals surface area contributed by atoms with E-state index in [2.05, 4.69) is 10.2 Å². The van der Waals surface area contributed by atoms with Gasteiger partial charge in [0.25, 0.3) is 5.91 Å². The zero-order chi connectivity index (χ0) is 25.7. The average molecular weight is 496 g/mol. The molecule has 36 heavy (non-hydrogen) atoms. The SMILES string of the molecule is CC(C)CC(=O)N1CCc2ccc(OC(C)C(=O)NCCN3CCCC3)cc2C1c1ccc(F)cc1. The van der Waals surface area contributed by atoms with Gasteiger partial charge in [-0.1, -0.05) is 32.0 Å². The highest BCUT2D eigenvalue weighted by Gasteiger charge is 2.33. The van der Waals surface area contributed by atoms with Crippen molar-refractivity contribution in [3.63, 3.8) is 0 Å². The lowest BCUT2D eigenvalue weighted by Crippen LogP contribution is -2.41. The summed E-state index contributed by atoms with van der Waals surface area (Å²) < 4.78 is 19.7. The number of carbonyl (C=O) groups is 2. The molecule has 0 radical (unpaired) electrons. The van der Waals surface area contributed by atoms with Gasteiger partial charge >= 0.3 is 0 Å². The van der Waals surface area contributed by atoms with Crippen LogP contribution in [-0.2, 0) is 16.0 Å². The molecule has 0 saturated carbocycles. The standard InChI is InChI=1S/C29H38FN3O3/c1-20(2)18-27(34)33-16-12-22-8-11-25(19-26(22)28(33)23-6-9-24(30)10-7-23)36-21(3)29(35)31-13-17-32-14-4-5-15-32/h6-11,19-21,28H,4-5,12-18H2,1-3H3,(H,31,35). The van der Waals surface area contributed by atoms with E-state index in [0.717, 1.165) is 42.7 Å². The van der Waals surface area contributed by atoms with Gasteiger partial charge in [-0.25, -0.2) is 4.39 Å².